The minimum atomic E-state index is -0.312. The zero-order valence-electron chi connectivity index (χ0n) is 10.5. The Hall–Kier alpha value is -1.97. The molecule has 1 aromatic carbocycles. The maximum atomic E-state index is 13.1. The van der Waals surface area contributed by atoms with Crippen LogP contribution in [-0.2, 0) is 4.79 Å². The van der Waals surface area contributed by atoms with Crippen LogP contribution in [0.15, 0.2) is 35.0 Å². The van der Waals surface area contributed by atoms with Gasteiger partial charge in [0.05, 0.1) is 0 Å². The highest BCUT2D eigenvalue weighted by Gasteiger charge is 2.28. The molecule has 1 aliphatic heterocycles. The second-order valence-electron chi connectivity index (χ2n) is 5.02. The summed E-state index contributed by atoms with van der Waals surface area (Å²) < 4.78 is 13.1. The Morgan fingerprint density at radius 2 is 2.11 bits per heavy atom. The molecule has 0 radical (unpaired) electrons. The topological polar surface area (TPSA) is 41.5 Å². The first-order valence-electron chi connectivity index (χ1n) is 6.59. The summed E-state index contributed by atoms with van der Waals surface area (Å²) in [5, 5.41) is 2.83. The van der Waals surface area contributed by atoms with Gasteiger partial charge in [-0.2, -0.15) is 0 Å². The Kier molecular flexibility index (Phi) is 3.15. The van der Waals surface area contributed by atoms with Gasteiger partial charge in [0.2, 0.25) is 0 Å². The smallest absolute Gasteiger partial charge is 0.275 e. The van der Waals surface area contributed by atoms with Crippen molar-refractivity contribution in [2.24, 2.45) is 10.9 Å². The molecular weight excluding hydrogens is 243 g/mol. The average molecular weight is 258 g/mol. The first kappa shape index (κ1) is 12.1. The van der Waals surface area contributed by atoms with Crippen molar-refractivity contribution < 1.29 is 9.18 Å². The van der Waals surface area contributed by atoms with Crippen molar-refractivity contribution in [3.63, 3.8) is 0 Å². The van der Waals surface area contributed by atoms with E-state index < -0.39 is 0 Å². The number of amides is 1. The van der Waals surface area contributed by atoms with Crippen LogP contribution < -0.4 is 5.32 Å². The molecule has 1 fully saturated rings. The molecule has 0 atom stereocenters. The highest BCUT2D eigenvalue weighted by Crippen LogP contribution is 2.28. The third kappa shape index (κ3) is 2.57. The third-order valence-corrected chi connectivity index (χ3v) is 3.61. The Morgan fingerprint density at radius 1 is 1.32 bits per heavy atom. The summed E-state index contributed by atoms with van der Waals surface area (Å²) in [5.41, 5.74) is 1.02. The number of hydrogen-bond donors (Lipinski definition) is 1. The van der Waals surface area contributed by atoms with E-state index in [9.17, 15) is 9.18 Å². The molecule has 1 saturated carbocycles. The molecule has 1 N–H and O–H groups in total. The molecule has 3 nitrogen and oxygen atoms in total. The molecule has 1 aliphatic carbocycles. The van der Waals surface area contributed by atoms with Gasteiger partial charge in [-0.25, -0.2) is 9.38 Å². The summed E-state index contributed by atoms with van der Waals surface area (Å²) in [5.74, 6) is 0.659. The van der Waals surface area contributed by atoms with E-state index in [4.69, 9.17) is 0 Å². The van der Waals surface area contributed by atoms with E-state index >= 15 is 0 Å². The number of aliphatic imine (C=N–C) groups is 1. The van der Waals surface area contributed by atoms with E-state index in [1.807, 2.05) is 0 Å². The number of rotatable bonds is 2. The van der Waals surface area contributed by atoms with Gasteiger partial charge >= 0.3 is 0 Å². The molecule has 1 amide bonds. The summed E-state index contributed by atoms with van der Waals surface area (Å²) in [7, 11) is 0. The number of halogens is 1. The van der Waals surface area contributed by atoms with Crippen LogP contribution in [0.1, 0.15) is 31.2 Å². The van der Waals surface area contributed by atoms with Crippen LogP contribution in [0.4, 0.5) is 4.39 Å². The number of nitrogens with one attached hydrogen (secondary N) is 1. The fourth-order valence-corrected chi connectivity index (χ4v) is 2.63. The number of hydrogen-bond acceptors (Lipinski definition) is 2. The molecular formula is C15H15FN2O. The van der Waals surface area contributed by atoms with Crippen molar-refractivity contribution in [1.29, 1.82) is 0 Å². The van der Waals surface area contributed by atoms with E-state index in [2.05, 4.69) is 10.3 Å². The predicted molar refractivity (Wildman–Crippen MR) is 71.9 cm³/mol. The minimum absolute atomic E-state index is 0.189. The van der Waals surface area contributed by atoms with Crippen LogP contribution in [0.25, 0.3) is 6.08 Å². The number of benzene rings is 1. The van der Waals surface area contributed by atoms with Crippen molar-refractivity contribution in [2.75, 3.05) is 0 Å². The average Bonchev–Trinajstić information content (AvgIpc) is 3.00. The summed E-state index contributed by atoms with van der Waals surface area (Å²) in [6, 6.07) is 6.15. The van der Waals surface area contributed by atoms with E-state index in [1.165, 1.54) is 25.0 Å². The SMILES string of the molecule is O=C1NC(C2CCCC2)=N/C1=C/c1cccc(F)c1. The standard InChI is InChI=1S/C15H15FN2O/c16-12-7-3-4-10(8-12)9-13-15(19)18-14(17-13)11-5-1-2-6-11/h3-4,7-9,11H,1-2,5-6H2,(H,17,18,19)/b13-9+. The largest absolute Gasteiger partial charge is 0.308 e. The molecule has 0 saturated heterocycles. The monoisotopic (exact) mass is 258 g/mol. The maximum absolute atomic E-state index is 13.1. The minimum Gasteiger partial charge on any atom is -0.308 e. The van der Waals surface area contributed by atoms with Gasteiger partial charge in [0, 0.05) is 5.92 Å². The lowest BCUT2D eigenvalue weighted by molar-refractivity contribution is -0.115. The van der Waals surface area contributed by atoms with Crippen molar-refractivity contribution in [3.05, 3.63) is 41.3 Å². The molecule has 98 valence electrons. The molecule has 1 aromatic rings. The molecule has 3 rings (SSSR count). The molecule has 19 heavy (non-hydrogen) atoms. The van der Waals surface area contributed by atoms with E-state index in [0.29, 0.717) is 17.2 Å². The first-order chi connectivity index (χ1) is 9.22. The fourth-order valence-electron chi connectivity index (χ4n) is 2.63. The molecule has 0 aromatic heterocycles. The summed E-state index contributed by atoms with van der Waals surface area (Å²) in [6.07, 6.45) is 6.20. The van der Waals surface area contributed by atoms with Crippen LogP contribution in [0.5, 0.6) is 0 Å². The maximum Gasteiger partial charge on any atom is 0.275 e. The van der Waals surface area contributed by atoms with Gasteiger partial charge in [-0.05, 0) is 36.6 Å². The lowest BCUT2D eigenvalue weighted by atomic mass is 10.1. The molecule has 4 heteroatoms. The van der Waals surface area contributed by atoms with Crippen LogP contribution in [0.3, 0.4) is 0 Å². The molecule has 0 bridgehead atoms. The highest BCUT2D eigenvalue weighted by atomic mass is 19.1. The Labute approximate surface area is 111 Å². The first-order valence-corrected chi connectivity index (χ1v) is 6.59. The van der Waals surface area contributed by atoms with Gasteiger partial charge in [0.1, 0.15) is 17.3 Å². The zero-order valence-corrected chi connectivity index (χ0v) is 10.5. The van der Waals surface area contributed by atoms with Gasteiger partial charge in [0.25, 0.3) is 5.91 Å². The lowest BCUT2D eigenvalue weighted by Crippen LogP contribution is -2.29. The summed E-state index contributed by atoms with van der Waals surface area (Å²) >= 11 is 0. The van der Waals surface area contributed by atoms with E-state index in [0.717, 1.165) is 18.7 Å². The van der Waals surface area contributed by atoms with E-state index in [-0.39, 0.29) is 11.7 Å². The Bertz CT molecular complexity index is 571. The fraction of sp³-hybridized carbons (Fsp3) is 0.333. The van der Waals surface area contributed by atoms with Gasteiger partial charge in [0.15, 0.2) is 0 Å². The van der Waals surface area contributed by atoms with E-state index in [1.54, 1.807) is 18.2 Å². The number of nitrogens with zero attached hydrogens (tertiary/aromatic N) is 1. The van der Waals surface area contributed by atoms with Crippen molar-refractivity contribution in [3.8, 4) is 0 Å². The van der Waals surface area contributed by atoms with Gasteiger partial charge in [-0.1, -0.05) is 25.0 Å². The Balaban J connectivity index is 1.85. The van der Waals surface area contributed by atoms with Crippen molar-refractivity contribution in [1.82, 2.24) is 5.32 Å². The molecule has 0 spiro atoms. The van der Waals surface area contributed by atoms with Crippen LogP contribution >= 0.6 is 0 Å². The molecule has 0 unspecified atom stereocenters. The third-order valence-electron chi connectivity index (χ3n) is 3.61. The second kappa shape index (κ2) is 4.96. The van der Waals surface area contributed by atoms with Crippen LogP contribution in [0, 0.1) is 11.7 Å². The van der Waals surface area contributed by atoms with Crippen LogP contribution in [-0.4, -0.2) is 11.7 Å². The highest BCUT2D eigenvalue weighted by molar-refractivity contribution is 6.15. The van der Waals surface area contributed by atoms with Crippen molar-refractivity contribution in [2.45, 2.75) is 25.7 Å². The number of amidine groups is 1. The number of carbonyl (C=O) groups is 1. The molecule has 2 aliphatic rings. The number of carbonyl (C=O) groups excluding carboxylic acids is 1. The predicted octanol–water partition coefficient (Wildman–Crippen LogP) is 2.89. The summed E-state index contributed by atoms with van der Waals surface area (Å²) in [6.45, 7) is 0. The van der Waals surface area contributed by atoms with Gasteiger partial charge in [-0.15, -0.1) is 0 Å². The van der Waals surface area contributed by atoms with Gasteiger partial charge < -0.3 is 5.32 Å². The molecule has 1 heterocycles. The zero-order chi connectivity index (χ0) is 13.2. The van der Waals surface area contributed by atoms with Crippen LogP contribution in [0.2, 0.25) is 0 Å². The Morgan fingerprint density at radius 3 is 2.84 bits per heavy atom. The second-order valence-corrected chi connectivity index (χ2v) is 5.02. The van der Waals surface area contributed by atoms with Gasteiger partial charge in [-0.3, -0.25) is 4.79 Å². The normalized spacial score (nSPS) is 21.8. The quantitative estimate of drug-likeness (QED) is 0.814. The lowest BCUT2D eigenvalue weighted by Gasteiger charge is -2.06. The summed E-state index contributed by atoms with van der Waals surface area (Å²) in [4.78, 5) is 16.2. The van der Waals surface area contributed by atoms with Crippen molar-refractivity contribution >= 4 is 17.8 Å².